The van der Waals surface area contributed by atoms with Crippen LogP contribution in [0.4, 0.5) is 0 Å². The second kappa shape index (κ2) is 4.17. The molecular formula is C13H21N3O. The summed E-state index contributed by atoms with van der Waals surface area (Å²) in [6.45, 7) is 6.38. The second-order valence-electron chi connectivity index (χ2n) is 5.45. The van der Waals surface area contributed by atoms with Gasteiger partial charge in [-0.3, -0.25) is 9.48 Å². The molecule has 1 saturated heterocycles. The van der Waals surface area contributed by atoms with Crippen LogP contribution in [0.5, 0.6) is 0 Å². The predicted octanol–water partition coefficient (Wildman–Crippen LogP) is 1.58. The van der Waals surface area contributed by atoms with Gasteiger partial charge in [0.25, 0.3) is 0 Å². The van der Waals surface area contributed by atoms with Crippen LogP contribution in [0, 0.1) is 12.8 Å². The highest BCUT2D eigenvalue weighted by Crippen LogP contribution is 2.32. The number of rotatable bonds is 3. The van der Waals surface area contributed by atoms with E-state index in [4.69, 9.17) is 0 Å². The van der Waals surface area contributed by atoms with Crippen molar-refractivity contribution in [1.29, 1.82) is 0 Å². The van der Waals surface area contributed by atoms with Crippen LogP contribution >= 0.6 is 0 Å². The molecule has 2 heterocycles. The Morgan fingerprint density at radius 2 is 2.29 bits per heavy atom. The average Bonchev–Trinajstić information content (AvgIpc) is 2.73. The number of amides is 1. The van der Waals surface area contributed by atoms with E-state index in [9.17, 15) is 4.79 Å². The summed E-state index contributed by atoms with van der Waals surface area (Å²) >= 11 is 0. The van der Waals surface area contributed by atoms with E-state index in [1.165, 1.54) is 5.56 Å². The molecule has 4 heteroatoms. The first kappa shape index (κ1) is 12.1. The van der Waals surface area contributed by atoms with Crippen molar-refractivity contribution in [2.75, 3.05) is 0 Å². The summed E-state index contributed by atoms with van der Waals surface area (Å²) in [4.78, 5) is 11.5. The van der Waals surface area contributed by atoms with Gasteiger partial charge in [0.05, 0.1) is 5.69 Å². The number of hydrogen-bond donors (Lipinski definition) is 1. The summed E-state index contributed by atoms with van der Waals surface area (Å²) in [6, 6.07) is 0. The maximum atomic E-state index is 11.5. The monoisotopic (exact) mass is 235 g/mol. The van der Waals surface area contributed by atoms with Crippen molar-refractivity contribution in [3.63, 3.8) is 0 Å². The van der Waals surface area contributed by atoms with Gasteiger partial charge in [0.1, 0.15) is 0 Å². The van der Waals surface area contributed by atoms with E-state index in [1.54, 1.807) is 0 Å². The molecule has 0 aliphatic carbocycles. The van der Waals surface area contributed by atoms with Gasteiger partial charge in [-0.1, -0.05) is 13.8 Å². The molecule has 1 unspecified atom stereocenters. The second-order valence-corrected chi connectivity index (χ2v) is 5.45. The van der Waals surface area contributed by atoms with E-state index in [2.05, 4.69) is 30.5 Å². The minimum atomic E-state index is -0.0785. The first-order valence-corrected chi connectivity index (χ1v) is 6.23. The minimum absolute atomic E-state index is 0.0785. The van der Waals surface area contributed by atoms with Crippen molar-refractivity contribution >= 4 is 5.91 Å². The fourth-order valence-corrected chi connectivity index (χ4v) is 2.67. The van der Waals surface area contributed by atoms with Gasteiger partial charge < -0.3 is 5.32 Å². The summed E-state index contributed by atoms with van der Waals surface area (Å²) in [5.74, 6) is 0.619. The standard InChI is InChI=1S/C13H21N3O/c1-9(2)13(6-5-12(17)14-13)7-11-8-16(4)15-10(11)3/h8-9H,5-7H2,1-4H3,(H,14,17). The Morgan fingerprint density at radius 3 is 2.71 bits per heavy atom. The molecule has 0 aromatic carbocycles. The van der Waals surface area contributed by atoms with Crippen LogP contribution in [-0.2, 0) is 18.3 Å². The summed E-state index contributed by atoms with van der Waals surface area (Å²) < 4.78 is 1.84. The maximum absolute atomic E-state index is 11.5. The summed E-state index contributed by atoms with van der Waals surface area (Å²) in [6.07, 6.45) is 4.52. The third-order valence-electron chi connectivity index (χ3n) is 3.91. The van der Waals surface area contributed by atoms with Gasteiger partial charge in [-0.15, -0.1) is 0 Å². The summed E-state index contributed by atoms with van der Waals surface area (Å²) in [7, 11) is 1.94. The maximum Gasteiger partial charge on any atom is 0.220 e. The normalized spacial score (nSPS) is 24.4. The SMILES string of the molecule is Cc1nn(C)cc1CC1(C(C)C)CCC(=O)N1. The highest BCUT2D eigenvalue weighted by atomic mass is 16.2. The third kappa shape index (κ3) is 2.21. The fourth-order valence-electron chi connectivity index (χ4n) is 2.67. The molecule has 1 N–H and O–H groups in total. The minimum Gasteiger partial charge on any atom is -0.350 e. The lowest BCUT2D eigenvalue weighted by Gasteiger charge is -2.33. The molecule has 1 aromatic rings. The highest BCUT2D eigenvalue weighted by molar-refractivity contribution is 5.79. The quantitative estimate of drug-likeness (QED) is 0.864. The molecule has 1 aliphatic rings. The molecule has 0 spiro atoms. The third-order valence-corrected chi connectivity index (χ3v) is 3.91. The Hall–Kier alpha value is -1.32. The van der Waals surface area contributed by atoms with Gasteiger partial charge in [0.15, 0.2) is 0 Å². The Balaban J connectivity index is 2.25. The zero-order chi connectivity index (χ0) is 12.6. The lowest BCUT2D eigenvalue weighted by molar-refractivity contribution is -0.120. The van der Waals surface area contributed by atoms with Crippen molar-refractivity contribution in [2.24, 2.45) is 13.0 Å². The summed E-state index contributed by atoms with van der Waals surface area (Å²) in [5.41, 5.74) is 2.22. The molecule has 1 aromatic heterocycles. The molecule has 17 heavy (non-hydrogen) atoms. The Labute approximate surface area is 102 Å². The molecule has 1 aliphatic heterocycles. The van der Waals surface area contributed by atoms with Crippen LogP contribution in [-0.4, -0.2) is 21.2 Å². The van der Waals surface area contributed by atoms with Gasteiger partial charge in [0, 0.05) is 25.2 Å². The van der Waals surface area contributed by atoms with Crippen LogP contribution < -0.4 is 5.32 Å². The van der Waals surface area contributed by atoms with E-state index in [1.807, 2.05) is 18.7 Å². The van der Waals surface area contributed by atoms with E-state index >= 15 is 0 Å². The zero-order valence-electron chi connectivity index (χ0n) is 11.1. The lowest BCUT2D eigenvalue weighted by atomic mass is 9.80. The van der Waals surface area contributed by atoms with Crippen molar-refractivity contribution in [2.45, 2.75) is 45.6 Å². The molecule has 1 amide bonds. The molecule has 0 saturated carbocycles. The Morgan fingerprint density at radius 1 is 1.59 bits per heavy atom. The molecule has 1 fully saturated rings. The molecular weight excluding hydrogens is 214 g/mol. The topological polar surface area (TPSA) is 46.9 Å². The molecule has 0 bridgehead atoms. The number of aryl methyl sites for hydroxylation is 2. The molecule has 1 atom stereocenters. The fraction of sp³-hybridized carbons (Fsp3) is 0.692. The number of nitrogens with one attached hydrogen (secondary N) is 1. The highest BCUT2D eigenvalue weighted by Gasteiger charge is 2.40. The molecule has 94 valence electrons. The van der Waals surface area contributed by atoms with E-state index in [0.717, 1.165) is 18.5 Å². The van der Waals surface area contributed by atoms with E-state index in [-0.39, 0.29) is 11.4 Å². The van der Waals surface area contributed by atoms with Crippen LogP contribution in [0.2, 0.25) is 0 Å². The lowest BCUT2D eigenvalue weighted by Crippen LogP contribution is -2.48. The Kier molecular flexibility index (Phi) is 2.98. The van der Waals surface area contributed by atoms with Crippen molar-refractivity contribution in [1.82, 2.24) is 15.1 Å². The van der Waals surface area contributed by atoms with Gasteiger partial charge in [-0.25, -0.2) is 0 Å². The van der Waals surface area contributed by atoms with E-state index < -0.39 is 0 Å². The number of nitrogens with zero attached hydrogens (tertiary/aromatic N) is 2. The number of carbonyl (C=O) groups excluding carboxylic acids is 1. The van der Waals surface area contributed by atoms with Crippen LogP contribution in [0.15, 0.2) is 6.20 Å². The molecule has 2 rings (SSSR count). The number of hydrogen-bond acceptors (Lipinski definition) is 2. The first-order chi connectivity index (χ1) is 7.93. The van der Waals surface area contributed by atoms with Gasteiger partial charge in [0.2, 0.25) is 5.91 Å². The average molecular weight is 235 g/mol. The number of aromatic nitrogens is 2. The van der Waals surface area contributed by atoms with Gasteiger partial charge in [-0.2, -0.15) is 5.10 Å². The number of carbonyl (C=O) groups is 1. The van der Waals surface area contributed by atoms with Crippen molar-refractivity contribution < 1.29 is 4.79 Å². The van der Waals surface area contributed by atoms with E-state index in [0.29, 0.717) is 12.3 Å². The van der Waals surface area contributed by atoms with Crippen LogP contribution in [0.25, 0.3) is 0 Å². The zero-order valence-corrected chi connectivity index (χ0v) is 11.1. The largest absolute Gasteiger partial charge is 0.350 e. The van der Waals surface area contributed by atoms with Crippen molar-refractivity contribution in [3.05, 3.63) is 17.5 Å². The Bertz CT molecular complexity index is 436. The van der Waals surface area contributed by atoms with Crippen LogP contribution in [0.3, 0.4) is 0 Å². The van der Waals surface area contributed by atoms with Gasteiger partial charge in [-0.05, 0) is 31.2 Å². The molecule has 0 radical (unpaired) electrons. The predicted molar refractivity (Wildman–Crippen MR) is 66.6 cm³/mol. The smallest absolute Gasteiger partial charge is 0.220 e. The first-order valence-electron chi connectivity index (χ1n) is 6.23. The summed E-state index contributed by atoms with van der Waals surface area (Å²) in [5, 5.41) is 7.54. The van der Waals surface area contributed by atoms with Crippen molar-refractivity contribution in [3.8, 4) is 0 Å². The van der Waals surface area contributed by atoms with Gasteiger partial charge >= 0.3 is 0 Å². The van der Waals surface area contributed by atoms with Crippen LogP contribution in [0.1, 0.15) is 37.9 Å². The molecule has 4 nitrogen and oxygen atoms in total.